The SMILES string of the molecule is CCC1=CC2CC(C=O)C1CC2C(C)C. The molecule has 3 rings (SSSR count). The maximum absolute atomic E-state index is 11.1. The van der Waals surface area contributed by atoms with Gasteiger partial charge in [-0.1, -0.05) is 32.4 Å². The van der Waals surface area contributed by atoms with Crippen molar-refractivity contribution in [3.63, 3.8) is 0 Å². The first-order valence-corrected chi connectivity index (χ1v) is 6.33. The highest BCUT2D eigenvalue weighted by atomic mass is 16.1. The third-order valence-corrected chi connectivity index (χ3v) is 4.48. The summed E-state index contributed by atoms with van der Waals surface area (Å²) >= 11 is 0. The molecule has 84 valence electrons. The second-order valence-corrected chi connectivity index (χ2v) is 5.54. The molecule has 1 heteroatoms. The molecule has 1 saturated carbocycles. The Morgan fingerprint density at radius 3 is 2.67 bits per heavy atom. The van der Waals surface area contributed by atoms with Gasteiger partial charge in [0.1, 0.15) is 6.29 Å². The molecule has 0 spiro atoms. The number of fused-ring (bicyclic) bond motifs is 2. The maximum atomic E-state index is 11.1. The minimum atomic E-state index is 0.324. The summed E-state index contributed by atoms with van der Waals surface area (Å²) in [6.45, 7) is 6.86. The van der Waals surface area contributed by atoms with Gasteiger partial charge in [0, 0.05) is 5.92 Å². The molecule has 0 radical (unpaired) electrons. The molecule has 0 amide bonds. The number of hydrogen-bond acceptors (Lipinski definition) is 1. The van der Waals surface area contributed by atoms with E-state index in [-0.39, 0.29) is 0 Å². The van der Waals surface area contributed by atoms with E-state index in [0.29, 0.717) is 17.8 Å². The van der Waals surface area contributed by atoms with Crippen molar-refractivity contribution in [2.45, 2.75) is 40.0 Å². The van der Waals surface area contributed by atoms with Crippen molar-refractivity contribution in [1.82, 2.24) is 0 Å². The average Bonchev–Trinajstić information content (AvgIpc) is 2.28. The average molecular weight is 206 g/mol. The number of hydrogen-bond donors (Lipinski definition) is 0. The highest BCUT2D eigenvalue weighted by Crippen LogP contribution is 2.50. The summed E-state index contributed by atoms with van der Waals surface area (Å²) < 4.78 is 0. The molecule has 1 nitrogen and oxygen atoms in total. The zero-order valence-electron chi connectivity index (χ0n) is 10.1. The fourth-order valence-corrected chi connectivity index (χ4v) is 3.61. The van der Waals surface area contributed by atoms with E-state index in [1.165, 1.54) is 12.7 Å². The molecule has 0 saturated heterocycles. The van der Waals surface area contributed by atoms with Gasteiger partial charge in [-0.05, 0) is 42.9 Å². The van der Waals surface area contributed by atoms with Gasteiger partial charge in [0.2, 0.25) is 0 Å². The molecule has 0 aromatic heterocycles. The molecule has 0 aliphatic heterocycles. The Bertz CT molecular complexity index is 277. The van der Waals surface area contributed by atoms with E-state index in [1.807, 2.05) is 0 Å². The quantitative estimate of drug-likeness (QED) is 0.510. The van der Waals surface area contributed by atoms with Gasteiger partial charge in [-0.2, -0.15) is 0 Å². The minimum absolute atomic E-state index is 0.324. The number of carbonyl (C=O) groups excluding carboxylic acids is 1. The summed E-state index contributed by atoms with van der Waals surface area (Å²) in [6, 6.07) is 0. The minimum Gasteiger partial charge on any atom is -0.303 e. The van der Waals surface area contributed by atoms with Gasteiger partial charge in [0.05, 0.1) is 0 Å². The standard InChI is InChI=1S/C14H22O/c1-4-10-5-11-6-12(8-15)14(10)7-13(11)9(2)3/h5,8-9,11-14H,4,6-7H2,1-3H3. The largest absolute Gasteiger partial charge is 0.303 e. The second kappa shape index (κ2) is 4.11. The molecule has 0 N–H and O–H groups in total. The Morgan fingerprint density at radius 1 is 1.47 bits per heavy atom. The topological polar surface area (TPSA) is 17.1 Å². The van der Waals surface area contributed by atoms with Crippen molar-refractivity contribution < 1.29 is 4.79 Å². The number of rotatable bonds is 3. The van der Waals surface area contributed by atoms with E-state index in [0.717, 1.165) is 24.7 Å². The molecule has 1 fully saturated rings. The molecule has 0 heterocycles. The van der Waals surface area contributed by atoms with E-state index >= 15 is 0 Å². The maximum Gasteiger partial charge on any atom is 0.123 e. The van der Waals surface area contributed by atoms with Crippen LogP contribution in [0, 0.1) is 29.6 Å². The highest BCUT2D eigenvalue weighted by Gasteiger charge is 2.42. The van der Waals surface area contributed by atoms with Crippen molar-refractivity contribution in [2.24, 2.45) is 29.6 Å². The predicted molar refractivity (Wildman–Crippen MR) is 62.5 cm³/mol. The van der Waals surface area contributed by atoms with Crippen LogP contribution in [0.15, 0.2) is 11.6 Å². The summed E-state index contributed by atoms with van der Waals surface area (Å²) in [5.41, 5.74) is 1.56. The highest BCUT2D eigenvalue weighted by molar-refractivity contribution is 5.56. The molecular weight excluding hydrogens is 184 g/mol. The van der Waals surface area contributed by atoms with Gasteiger partial charge in [-0.15, -0.1) is 0 Å². The Balaban J connectivity index is 2.23. The molecule has 4 atom stereocenters. The molecule has 4 unspecified atom stereocenters. The van der Waals surface area contributed by atoms with E-state index in [2.05, 4.69) is 26.8 Å². The Kier molecular flexibility index (Phi) is 2.99. The fourth-order valence-electron chi connectivity index (χ4n) is 3.61. The first-order chi connectivity index (χ1) is 7.17. The first-order valence-electron chi connectivity index (χ1n) is 6.33. The summed E-state index contributed by atoms with van der Waals surface area (Å²) in [7, 11) is 0. The Labute approximate surface area is 92.9 Å². The summed E-state index contributed by atoms with van der Waals surface area (Å²) in [5, 5.41) is 0. The lowest BCUT2D eigenvalue weighted by Gasteiger charge is -2.46. The van der Waals surface area contributed by atoms with E-state index in [9.17, 15) is 4.79 Å². The monoisotopic (exact) mass is 206 g/mol. The van der Waals surface area contributed by atoms with E-state index in [4.69, 9.17) is 0 Å². The summed E-state index contributed by atoms with van der Waals surface area (Å²) in [6.07, 6.45) is 7.19. The van der Waals surface area contributed by atoms with Crippen LogP contribution in [0.1, 0.15) is 40.0 Å². The van der Waals surface area contributed by atoms with Crippen LogP contribution < -0.4 is 0 Å². The number of carbonyl (C=O) groups is 1. The van der Waals surface area contributed by atoms with Crippen LogP contribution >= 0.6 is 0 Å². The smallest absolute Gasteiger partial charge is 0.123 e. The third kappa shape index (κ3) is 1.77. The van der Waals surface area contributed by atoms with Crippen molar-refractivity contribution in [3.8, 4) is 0 Å². The van der Waals surface area contributed by atoms with Crippen LogP contribution in [0.3, 0.4) is 0 Å². The summed E-state index contributed by atoms with van der Waals surface area (Å²) in [5.74, 6) is 3.16. The van der Waals surface area contributed by atoms with Crippen LogP contribution in [0.4, 0.5) is 0 Å². The van der Waals surface area contributed by atoms with Crippen LogP contribution in [-0.2, 0) is 4.79 Å². The van der Waals surface area contributed by atoms with Gasteiger partial charge in [-0.25, -0.2) is 0 Å². The van der Waals surface area contributed by atoms with E-state index < -0.39 is 0 Å². The number of allylic oxidation sites excluding steroid dienone is 2. The first kappa shape index (κ1) is 10.9. The molecule has 15 heavy (non-hydrogen) atoms. The lowest BCUT2D eigenvalue weighted by molar-refractivity contribution is -0.114. The second-order valence-electron chi connectivity index (χ2n) is 5.54. The predicted octanol–water partition coefficient (Wildman–Crippen LogP) is 3.45. The third-order valence-electron chi connectivity index (χ3n) is 4.48. The van der Waals surface area contributed by atoms with Crippen LogP contribution in [0.25, 0.3) is 0 Å². The fraction of sp³-hybridized carbons (Fsp3) is 0.786. The van der Waals surface area contributed by atoms with Gasteiger partial charge in [-0.3, -0.25) is 0 Å². The van der Waals surface area contributed by atoms with Gasteiger partial charge in [0.25, 0.3) is 0 Å². The van der Waals surface area contributed by atoms with Gasteiger partial charge in [0.15, 0.2) is 0 Å². The van der Waals surface area contributed by atoms with Crippen LogP contribution in [0.5, 0.6) is 0 Å². The van der Waals surface area contributed by atoms with Crippen LogP contribution in [-0.4, -0.2) is 6.29 Å². The van der Waals surface area contributed by atoms with Crippen molar-refractivity contribution in [3.05, 3.63) is 11.6 Å². The summed E-state index contributed by atoms with van der Waals surface area (Å²) in [4.78, 5) is 11.1. The Morgan fingerprint density at radius 2 is 2.20 bits per heavy atom. The van der Waals surface area contributed by atoms with Gasteiger partial charge >= 0.3 is 0 Å². The lowest BCUT2D eigenvalue weighted by Crippen LogP contribution is -2.39. The van der Waals surface area contributed by atoms with Crippen molar-refractivity contribution in [2.75, 3.05) is 0 Å². The van der Waals surface area contributed by atoms with Gasteiger partial charge < -0.3 is 4.79 Å². The van der Waals surface area contributed by atoms with Crippen molar-refractivity contribution in [1.29, 1.82) is 0 Å². The van der Waals surface area contributed by atoms with Crippen molar-refractivity contribution >= 4 is 6.29 Å². The molecular formula is C14H22O. The number of aldehydes is 1. The zero-order valence-corrected chi connectivity index (χ0v) is 10.1. The molecule has 0 aromatic rings. The molecule has 0 aromatic carbocycles. The van der Waals surface area contributed by atoms with E-state index in [1.54, 1.807) is 5.57 Å². The lowest BCUT2D eigenvalue weighted by atomic mass is 9.58. The molecule has 3 aliphatic rings. The normalized spacial score (nSPS) is 39.3. The molecule has 2 bridgehead atoms. The Hall–Kier alpha value is -0.590. The zero-order chi connectivity index (χ0) is 11.0. The molecule has 3 aliphatic carbocycles. The van der Waals surface area contributed by atoms with Crippen LogP contribution in [0.2, 0.25) is 0 Å².